The number of halogens is 1. The van der Waals surface area contributed by atoms with Crippen molar-refractivity contribution in [3.63, 3.8) is 0 Å². The van der Waals surface area contributed by atoms with Gasteiger partial charge in [0.1, 0.15) is 5.54 Å². The normalized spacial score (nSPS) is 14.7. The molecule has 0 aromatic heterocycles. The van der Waals surface area contributed by atoms with E-state index in [-0.39, 0.29) is 5.78 Å². The van der Waals surface area contributed by atoms with E-state index in [0.29, 0.717) is 17.9 Å². The van der Waals surface area contributed by atoms with Crippen LogP contribution in [0, 0.1) is 0 Å². The second kappa shape index (κ2) is 4.77. The average molecular weight is 226 g/mol. The van der Waals surface area contributed by atoms with Gasteiger partial charge >= 0.3 is 0 Å². The molecule has 1 rings (SSSR count). The first-order valence-corrected chi connectivity index (χ1v) is 5.51. The molecule has 0 saturated heterocycles. The van der Waals surface area contributed by atoms with Crippen LogP contribution < -0.4 is 5.73 Å². The Hall–Kier alpha value is -0.860. The predicted molar refractivity (Wildman–Crippen MR) is 62.9 cm³/mol. The summed E-state index contributed by atoms with van der Waals surface area (Å²) in [4.78, 5) is 11.8. The van der Waals surface area contributed by atoms with Crippen LogP contribution in [0.1, 0.15) is 32.3 Å². The zero-order valence-electron chi connectivity index (χ0n) is 9.09. The van der Waals surface area contributed by atoms with Crippen molar-refractivity contribution in [3.8, 4) is 0 Å². The van der Waals surface area contributed by atoms with Crippen molar-refractivity contribution in [3.05, 3.63) is 34.9 Å². The summed E-state index contributed by atoms with van der Waals surface area (Å²) in [6.07, 6.45) is 0.985. The molecule has 0 radical (unpaired) electrons. The minimum atomic E-state index is -0.937. The molecule has 0 spiro atoms. The molecule has 0 aliphatic rings. The summed E-state index contributed by atoms with van der Waals surface area (Å²) >= 11 is 6.06. The highest BCUT2D eigenvalue weighted by Gasteiger charge is 2.33. The number of carbonyl (C=O) groups excluding carboxylic acids is 1. The lowest BCUT2D eigenvalue weighted by molar-refractivity contribution is -0.124. The molecule has 0 bridgehead atoms. The van der Waals surface area contributed by atoms with Gasteiger partial charge in [-0.15, -0.1) is 0 Å². The van der Waals surface area contributed by atoms with Gasteiger partial charge in [0.15, 0.2) is 5.78 Å². The lowest BCUT2D eigenvalue weighted by atomic mass is 9.83. The van der Waals surface area contributed by atoms with Crippen molar-refractivity contribution >= 4 is 17.4 Å². The van der Waals surface area contributed by atoms with Crippen molar-refractivity contribution in [2.75, 3.05) is 0 Å². The quantitative estimate of drug-likeness (QED) is 0.856. The zero-order valence-corrected chi connectivity index (χ0v) is 9.84. The molecular weight excluding hydrogens is 210 g/mol. The third kappa shape index (κ3) is 2.21. The fourth-order valence-electron chi connectivity index (χ4n) is 1.68. The number of rotatable bonds is 4. The first-order valence-electron chi connectivity index (χ1n) is 5.13. The van der Waals surface area contributed by atoms with E-state index < -0.39 is 5.54 Å². The molecule has 1 aromatic rings. The van der Waals surface area contributed by atoms with Gasteiger partial charge in [-0.1, -0.05) is 43.6 Å². The van der Waals surface area contributed by atoms with Crippen LogP contribution in [0.5, 0.6) is 0 Å². The van der Waals surface area contributed by atoms with Crippen LogP contribution in [-0.2, 0) is 10.3 Å². The van der Waals surface area contributed by atoms with Crippen LogP contribution in [0.4, 0.5) is 0 Å². The van der Waals surface area contributed by atoms with Crippen LogP contribution >= 0.6 is 11.6 Å². The van der Waals surface area contributed by atoms with Gasteiger partial charge in [0.25, 0.3) is 0 Å². The van der Waals surface area contributed by atoms with E-state index in [2.05, 4.69) is 0 Å². The van der Waals surface area contributed by atoms with Gasteiger partial charge < -0.3 is 5.73 Å². The number of ketones is 1. The summed E-state index contributed by atoms with van der Waals surface area (Å²) < 4.78 is 0. The molecule has 15 heavy (non-hydrogen) atoms. The Bertz CT molecular complexity index is 364. The van der Waals surface area contributed by atoms with Crippen molar-refractivity contribution in [1.29, 1.82) is 0 Å². The number of Topliss-reactive ketones (excluding diaryl/α,β-unsaturated/α-hetero) is 1. The van der Waals surface area contributed by atoms with Gasteiger partial charge in [-0.2, -0.15) is 0 Å². The van der Waals surface area contributed by atoms with E-state index in [0.717, 1.165) is 5.56 Å². The Labute approximate surface area is 95.4 Å². The van der Waals surface area contributed by atoms with Gasteiger partial charge in [-0.05, 0) is 18.1 Å². The standard InChI is InChI=1S/C12H16ClNO/c1-3-11(15)12(14,4-2)9-7-5-6-8-10(9)13/h5-8H,3-4,14H2,1-2H3/t12-/m1/s1. The van der Waals surface area contributed by atoms with Crippen LogP contribution in [0.2, 0.25) is 5.02 Å². The maximum atomic E-state index is 11.8. The maximum Gasteiger partial charge on any atom is 0.156 e. The van der Waals surface area contributed by atoms with Gasteiger partial charge in [-0.25, -0.2) is 0 Å². The average Bonchev–Trinajstić information content (AvgIpc) is 2.27. The molecule has 3 heteroatoms. The third-order valence-corrected chi connectivity index (χ3v) is 3.06. The van der Waals surface area contributed by atoms with Crippen LogP contribution in [-0.4, -0.2) is 5.78 Å². The Morgan fingerprint density at radius 2 is 2.00 bits per heavy atom. The molecule has 1 atom stereocenters. The third-order valence-electron chi connectivity index (χ3n) is 2.73. The van der Waals surface area contributed by atoms with Crippen molar-refractivity contribution < 1.29 is 4.79 Å². The molecule has 0 aliphatic heterocycles. The second-order valence-corrected chi connectivity index (χ2v) is 3.99. The number of nitrogens with two attached hydrogens (primary N) is 1. The summed E-state index contributed by atoms with van der Waals surface area (Å²) in [5, 5.41) is 0.559. The second-order valence-electron chi connectivity index (χ2n) is 3.58. The molecule has 0 heterocycles. The molecule has 0 saturated carbocycles. The van der Waals surface area contributed by atoms with E-state index in [9.17, 15) is 4.79 Å². The minimum absolute atomic E-state index is 0.0260. The van der Waals surface area contributed by atoms with Crippen molar-refractivity contribution in [2.24, 2.45) is 5.73 Å². The summed E-state index contributed by atoms with van der Waals surface area (Å²) in [7, 11) is 0. The monoisotopic (exact) mass is 225 g/mol. The van der Waals surface area contributed by atoms with E-state index in [4.69, 9.17) is 17.3 Å². The van der Waals surface area contributed by atoms with Crippen molar-refractivity contribution in [1.82, 2.24) is 0 Å². The van der Waals surface area contributed by atoms with Crippen LogP contribution in [0.15, 0.2) is 24.3 Å². The van der Waals surface area contributed by atoms with Gasteiger partial charge in [0.05, 0.1) is 0 Å². The number of carbonyl (C=O) groups is 1. The smallest absolute Gasteiger partial charge is 0.156 e. The highest BCUT2D eigenvalue weighted by molar-refractivity contribution is 6.31. The molecule has 2 nitrogen and oxygen atoms in total. The first-order chi connectivity index (χ1) is 7.06. The highest BCUT2D eigenvalue weighted by Crippen LogP contribution is 2.30. The van der Waals surface area contributed by atoms with E-state index in [1.807, 2.05) is 32.0 Å². The molecule has 82 valence electrons. The highest BCUT2D eigenvalue weighted by atomic mass is 35.5. The fraction of sp³-hybridized carbons (Fsp3) is 0.417. The van der Waals surface area contributed by atoms with Gasteiger partial charge in [-0.3, -0.25) is 4.79 Å². The molecule has 2 N–H and O–H groups in total. The molecule has 0 unspecified atom stereocenters. The Balaban J connectivity index is 3.23. The zero-order chi connectivity index (χ0) is 11.5. The number of hydrogen-bond donors (Lipinski definition) is 1. The lowest BCUT2D eigenvalue weighted by Crippen LogP contribution is -2.44. The van der Waals surface area contributed by atoms with Crippen molar-refractivity contribution in [2.45, 2.75) is 32.2 Å². The van der Waals surface area contributed by atoms with E-state index in [1.165, 1.54) is 0 Å². The van der Waals surface area contributed by atoms with Crippen LogP contribution in [0.3, 0.4) is 0 Å². The van der Waals surface area contributed by atoms with Gasteiger partial charge in [0.2, 0.25) is 0 Å². The molecule has 0 aliphatic carbocycles. The SMILES string of the molecule is CCC(=O)[C@@](N)(CC)c1ccccc1Cl. The summed E-state index contributed by atoms with van der Waals surface area (Å²) in [5.74, 6) is 0.0260. The molecule has 0 amide bonds. The Morgan fingerprint density at radius 1 is 1.40 bits per heavy atom. The molecular formula is C12H16ClNO. The lowest BCUT2D eigenvalue weighted by Gasteiger charge is -2.27. The number of benzene rings is 1. The summed E-state index contributed by atoms with van der Waals surface area (Å²) in [5.41, 5.74) is 5.93. The topological polar surface area (TPSA) is 43.1 Å². The van der Waals surface area contributed by atoms with Gasteiger partial charge in [0, 0.05) is 11.4 Å². The largest absolute Gasteiger partial charge is 0.315 e. The Kier molecular flexibility index (Phi) is 3.89. The minimum Gasteiger partial charge on any atom is -0.315 e. The Morgan fingerprint density at radius 3 is 2.47 bits per heavy atom. The molecule has 0 fully saturated rings. The van der Waals surface area contributed by atoms with Crippen LogP contribution in [0.25, 0.3) is 0 Å². The summed E-state index contributed by atoms with van der Waals surface area (Å²) in [6.45, 7) is 3.72. The summed E-state index contributed by atoms with van der Waals surface area (Å²) in [6, 6.07) is 7.26. The maximum absolute atomic E-state index is 11.8. The predicted octanol–water partition coefficient (Wildman–Crippen LogP) is 2.88. The number of hydrogen-bond acceptors (Lipinski definition) is 2. The fourth-order valence-corrected chi connectivity index (χ4v) is 1.98. The molecule has 1 aromatic carbocycles. The first kappa shape index (κ1) is 12.2. The van der Waals surface area contributed by atoms with E-state index >= 15 is 0 Å². The van der Waals surface area contributed by atoms with E-state index in [1.54, 1.807) is 6.07 Å².